The van der Waals surface area contributed by atoms with E-state index in [-0.39, 0.29) is 0 Å². The van der Waals surface area contributed by atoms with Crippen LogP contribution >= 0.6 is 0 Å². The third kappa shape index (κ3) is 1.88. The lowest BCUT2D eigenvalue weighted by Crippen LogP contribution is -1.99. The van der Waals surface area contributed by atoms with Crippen LogP contribution in [0.1, 0.15) is 25.3 Å². The fraction of sp³-hybridized carbons (Fsp3) is 0.364. The van der Waals surface area contributed by atoms with E-state index >= 15 is 0 Å². The second-order valence-electron chi connectivity index (χ2n) is 3.83. The number of hydrogen-bond acceptors (Lipinski definition) is 3. The quantitative estimate of drug-likeness (QED) is 0.748. The van der Waals surface area contributed by atoms with Crippen molar-refractivity contribution >= 4 is 0 Å². The standard InChI is InChI=1S/C11H14N4/c1-8(2)9-6-12-11(13-7-9)10-4-5-14-15(10)3/h4-8H,1-3H3. The molecule has 78 valence electrons. The summed E-state index contributed by atoms with van der Waals surface area (Å²) >= 11 is 0. The smallest absolute Gasteiger partial charge is 0.177 e. The molecule has 0 radical (unpaired) electrons. The Kier molecular flexibility index (Phi) is 2.49. The van der Waals surface area contributed by atoms with Crippen molar-refractivity contribution in [2.75, 3.05) is 0 Å². The zero-order valence-corrected chi connectivity index (χ0v) is 9.18. The van der Waals surface area contributed by atoms with Gasteiger partial charge in [0, 0.05) is 25.6 Å². The fourth-order valence-electron chi connectivity index (χ4n) is 1.36. The van der Waals surface area contributed by atoms with Crippen LogP contribution < -0.4 is 0 Å². The number of rotatable bonds is 2. The highest BCUT2D eigenvalue weighted by Crippen LogP contribution is 2.16. The molecule has 0 aliphatic carbocycles. The molecule has 0 atom stereocenters. The highest BCUT2D eigenvalue weighted by molar-refractivity contribution is 5.48. The Hall–Kier alpha value is -1.71. The van der Waals surface area contributed by atoms with E-state index < -0.39 is 0 Å². The summed E-state index contributed by atoms with van der Waals surface area (Å²) in [5, 5.41) is 4.09. The minimum Gasteiger partial charge on any atom is -0.265 e. The van der Waals surface area contributed by atoms with Gasteiger partial charge in [-0.25, -0.2) is 9.97 Å². The highest BCUT2D eigenvalue weighted by Gasteiger charge is 2.06. The first-order chi connectivity index (χ1) is 7.18. The zero-order chi connectivity index (χ0) is 10.8. The average Bonchev–Trinajstić information content (AvgIpc) is 2.65. The van der Waals surface area contributed by atoms with Gasteiger partial charge in [-0.15, -0.1) is 0 Å². The van der Waals surface area contributed by atoms with Crippen LogP contribution in [-0.2, 0) is 7.05 Å². The van der Waals surface area contributed by atoms with Crippen LogP contribution in [0.2, 0.25) is 0 Å². The summed E-state index contributed by atoms with van der Waals surface area (Å²) in [5.41, 5.74) is 2.09. The van der Waals surface area contributed by atoms with E-state index in [4.69, 9.17) is 0 Å². The Morgan fingerprint density at radius 2 is 1.87 bits per heavy atom. The first kappa shape index (κ1) is 9.83. The molecule has 2 rings (SSSR count). The number of aromatic nitrogens is 4. The third-order valence-corrected chi connectivity index (χ3v) is 2.39. The van der Waals surface area contributed by atoms with Crippen molar-refractivity contribution in [3.63, 3.8) is 0 Å². The van der Waals surface area contributed by atoms with Gasteiger partial charge in [0.15, 0.2) is 5.82 Å². The van der Waals surface area contributed by atoms with Crippen molar-refractivity contribution in [2.45, 2.75) is 19.8 Å². The lowest BCUT2D eigenvalue weighted by molar-refractivity contribution is 0.767. The molecule has 0 aromatic carbocycles. The maximum absolute atomic E-state index is 4.33. The fourth-order valence-corrected chi connectivity index (χ4v) is 1.36. The van der Waals surface area contributed by atoms with Crippen LogP contribution in [0.4, 0.5) is 0 Å². The van der Waals surface area contributed by atoms with Crippen molar-refractivity contribution in [3.05, 3.63) is 30.2 Å². The van der Waals surface area contributed by atoms with E-state index in [2.05, 4.69) is 28.9 Å². The Morgan fingerprint density at radius 1 is 1.20 bits per heavy atom. The van der Waals surface area contributed by atoms with Gasteiger partial charge in [0.25, 0.3) is 0 Å². The molecule has 0 spiro atoms. The van der Waals surface area contributed by atoms with Gasteiger partial charge in [-0.05, 0) is 17.5 Å². The normalized spacial score (nSPS) is 10.9. The molecule has 0 N–H and O–H groups in total. The molecule has 0 unspecified atom stereocenters. The summed E-state index contributed by atoms with van der Waals surface area (Å²) in [6, 6.07) is 1.91. The van der Waals surface area contributed by atoms with Gasteiger partial charge >= 0.3 is 0 Å². The summed E-state index contributed by atoms with van der Waals surface area (Å²) in [6.07, 6.45) is 5.50. The molecule has 0 amide bonds. The molecule has 0 aliphatic rings. The summed E-state index contributed by atoms with van der Waals surface area (Å²) in [5.74, 6) is 1.19. The number of hydrogen-bond donors (Lipinski definition) is 0. The third-order valence-electron chi connectivity index (χ3n) is 2.39. The SMILES string of the molecule is CC(C)c1cnc(-c2ccnn2C)nc1. The largest absolute Gasteiger partial charge is 0.265 e. The molecule has 2 aromatic rings. The maximum Gasteiger partial charge on any atom is 0.177 e. The van der Waals surface area contributed by atoms with Gasteiger partial charge in [-0.3, -0.25) is 4.68 Å². The van der Waals surface area contributed by atoms with Gasteiger partial charge in [0.2, 0.25) is 0 Å². The summed E-state index contributed by atoms with van der Waals surface area (Å²) in [4.78, 5) is 8.66. The van der Waals surface area contributed by atoms with Crippen LogP contribution in [0.25, 0.3) is 11.5 Å². The van der Waals surface area contributed by atoms with Crippen LogP contribution in [-0.4, -0.2) is 19.7 Å². The topological polar surface area (TPSA) is 43.6 Å². The van der Waals surface area contributed by atoms with Crippen molar-refractivity contribution < 1.29 is 0 Å². The van der Waals surface area contributed by atoms with Gasteiger partial charge in [-0.2, -0.15) is 5.10 Å². The van der Waals surface area contributed by atoms with Gasteiger partial charge in [-0.1, -0.05) is 13.8 Å². The number of nitrogens with zero attached hydrogens (tertiary/aromatic N) is 4. The first-order valence-electron chi connectivity index (χ1n) is 4.99. The molecule has 2 heterocycles. The monoisotopic (exact) mass is 202 g/mol. The van der Waals surface area contributed by atoms with Gasteiger partial charge in [0.1, 0.15) is 5.69 Å². The average molecular weight is 202 g/mol. The predicted octanol–water partition coefficient (Wildman–Crippen LogP) is 2.00. The minimum atomic E-state index is 0.464. The van der Waals surface area contributed by atoms with Gasteiger partial charge in [0.05, 0.1) is 0 Å². The molecule has 0 fully saturated rings. The molecule has 0 aliphatic heterocycles. The molecule has 0 saturated heterocycles. The van der Waals surface area contributed by atoms with Crippen molar-refractivity contribution in [2.24, 2.45) is 7.05 Å². The molecular weight excluding hydrogens is 188 g/mol. The highest BCUT2D eigenvalue weighted by atomic mass is 15.3. The number of aryl methyl sites for hydroxylation is 1. The van der Waals surface area contributed by atoms with Crippen molar-refractivity contribution in [3.8, 4) is 11.5 Å². The summed E-state index contributed by atoms with van der Waals surface area (Å²) < 4.78 is 1.77. The molecule has 2 aromatic heterocycles. The van der Waals surface area contributed by atoms with E-state index in [0.29, 0.717) is 5.92 Å². The van der Waals surface area contributed by atoms with Gasteiger partial charge < -0.3 is 0 Å². The minimum absolute atomic E-state index is 0.464. The molecule has 4 nitrogen and oxygen atoms in total. The molecule has 0 saturated carbocycles. The molecule has 4 heteroatoms. The van der Waals surface area contributed by atoms with Crippen LogP contribution in [0.15, 0.2) is 24.7 Å². The van der Waals surface area contributed by atoms with Crippen molar-refractivity contribution in [1.82, 2.24) is 19.7 Å². The van der Waals surface area contributed by atoms with E-state index in [0.717, 1.165) is 17.1 Å². The Labute approximate surface area is 89.0 Å². The summed E-state index contributed by atoms with van der Waals surface area (Å²) in [7, 11) is 1.88. The van der Waals surface area contributed by atoms with Crippen LogP contribution in [0.3, 0.4) is 0 Å². The Balaban J connectivity index is 2.36. The second kappa shape index (κ2) is 3.81. The predicted molar refractivity (Wildman–Crippen MR) is 58.3 cm³/mol. The lowest BCUT2D eigenvalue weighted by Gasteiger charge is -2.05. The first-order valence-corrected chi connectivity index (χ1v) is 4.99. The zero-order valence-electron chi connectivity index (χ0n) is 9.18. The van der Waals surface area contributed by atoms with Crippen molar-refractivity contribution in [1.29, 1.82) is 0 Å². The van der Waals surface area contributed by atoms with E-state index in [9.17, 15) is 0 Å². The van der Waals surface area contributed by atoms with E-state index in [1.807, 2.05) is 25.5 Å². The Bertz CT molecular complexity index is 442. The van der Waals surface area contributed by atoms with E-state index in [1.54, 1.807) is 10.9 Å². The Morgan fingerprint density at radius 3 is 2.33 bits per heavy atom. The lowest BCUT2D eigenvalue weighted by atomic mass is 10.1. The summed E-state index contributed by atoms with van der Waals surface area (Å²) in [6.45, 7) is 4.25. The molecular formula is C11H14N4. The molecule has 15 heavy (non-hydrogen) atoms. The molecule has 0 bridgehead atoms. The second-order valence-corrected chi connectivity index (χ2v) is 3.83. The van der Waals surface area contributed by atoms with E-state index in [1.165, 1.54) is 0 Å². The van der Waals surface area contributed by atoms with Crippen LogP contribution in [0, 0.1) is 0 Å². The maximum atomic E-state index is 4.33. The van der Waals surface area contributed by atoms with Crippen LogP contribution in [0.5, 0.6) is 0 Å².